The van der Waals surface area contributed by atoms with E-state index < -0.39 is 12.0 Å². The van der Waals surface area contributed by atoms with Crippen LogP contribution in [0.4, 0.5) is 0 Å². The minimum atomic E-state index is -1.00. The smallest absolute Gasteiger partial charge is 0.326 e. The van der Waals surface area contributed by atoms with E-state index in [1.54, 1.807) is 0 Å². The van der Waals surface area contributed by atoms with E-state index in [9.17, 15) is 19.5 Å². The highest BCUT2D eigenvalue weighted by Gasteiger charge is 2.19. The average Bonchev–Trinajstić information content (AvgIpc) is 3.22. The Morgan fingerprint density at radius 2 is 0.881 bits per heavy atom. The van der Waals surface area contributed by atoms with Crippen molar-refractivity contribution >= 4 is 17.8 Å². The van der Waals surface area contributed by atoms with Gasteiger partial charge in [0.1, 0.15) is 12.1 Å². The van der Waals surface area contributed by atoms with Gasteiger partial charge in [-0.3, -0.25) is 9.59 Å². The van der Waals surface area contributed by atoms with Crippen LogP contribution in [0.25, 0.3) is 0 Å². The number of allylic oxidation sites excluding steroid dienone is 4. The first-order chi connectivity index (χ1) is 28.9. The minimum absolute atomic E-state index is 0.0114. The first-order valence-electron chi connectivity index (χ1n) is 25.7. The fourth-order valence-electron chi connectivity index (χ4n) is 7.90. The maximum atomic E-state index is 12.9. The molecule has 0 aromatic carbocycles. The van der Waals surface area contributed by atoms with Crippen molar-refractivity contribution in [2.75, 3.05) is 6.54 Å². The maximum absolute atomic E-state index is 12.9. The molecule has 2 atom stereocenters. The zero-order valence-electron chi connectivity index (χ0n) is 39.1. The summed E-state index contributed by atoms with van der Waals surface area (Å²) in [4.78, 5) is 36.6. The largest absolute Gasteiger partial charge is 0.480 e. The van der Waals surface area contributed by atoms with Crippen molar-refractivity contribution in [3.63, 3.8) is 0 Å². The van der Waals surface area contributed by atoms with Crippen LogP contribution in [0.2, 0.25) is 0 Å². The van der Waals surface area contributed by atoms with Crippen LogP contribution in [-0.4, -0.2) is 41.6 Å². The van der Waals surface area contributed by atoms with Gasteiger partial charge in [-0.1, -0.05) is 199 Å². The van der Waals surface area contributed by atoms with E-state index >= 15 is 0 Å². The quantitative estimate of drug-likeness (QED) is 0.0319. The molecule has 0 bridgehead atoms. The Balaban J connectivity index is 4.29. The molecular weight excluding hydrogens is 733 g/mol. The summed E-state index contributed by atoms with van der Waals surface area (Å²) in [6.07, 6.45) is 55.2. The van der Waals surface area contributed by atoms with Gasteiger partial charge in [-0.2, -0.15) is 0 Å². The number of carbonyl (C=O) groups is 3. The van der Waals surface area contributed by atoms with Gasteiger partial charge in [0, 0.05) is 12.8 Å². The van der Waals surface area contributed by atoms with Gasteiger partial charge in [-0.25, -0.2) is 4.79 Å². The molecule has 0 aliphatic carbocycles. The lowest BCUT2D eigenvalue weighted by atomic mass is 10.0. The van der Waals surface area contributed by atoms with Crippen molar-refractivity contribution in [1.29, 1.82) is 0 Å². The van der Waals surface area contributed by atoms with Crippen LogP contribution in [0, 0.1) is 0 Å². The van der Waals surface area contributed by atoms with E-state index in [0.29, 0.717) is 32.2 Å². The van der Waals surface area contributed by atoms with Crippen LogP contribution < -0.4 is 11.1 Å². The standard InChI is InChI=1S/C52H98N2O5/c1-3-5-7-9-11-13-15-17-19-20-21-23-25-27-29-31-36-40-46-51(56)59-48(42-37-33-30-28-26-24-22-18-16-14-12-10-8-6-4-2)43-38-34-32-35-39-45-50(55)54-49(52(57)58)44-41-47-53/h13,15,19-20,48-49H,3-12,14,16-18,21-47,53H2,1-2H3,(H,54,55)(H,57,58)/b15-13-,20-19-. The third kappa shape index (κ3) is 43.7. The molecule has 0 heterocycles. The molecule has 0 saturated heterocycles. The number of hydrogen-bond donors (Lipinski definition) is 3. The molecule has 0 aliphatic rings. The number of nitrogens with one attached hydrogen (secondary N) is 1. The first kappa shape index (κ1) is 56.9. The molecule has 0 aromatic rings. The van der Waals surface area contributed by atoms with E-state index in [1.165, 1.54) is 161 Å². The van der Waals surface area contributed by atoms with Crippen LogP contribution in [0.5, 0.6) is 0 Å². The van der Waals surface area contributed by atoms with E-state index in [-0.39, 0.29) is 18.0 Å². The van der Waals surface area contributed by atoms with Crippen molar-refractivity contribution in [1.82, 2.24) is 5.32 Å². The highest BCUT2D eigenvalue weighted by atomic mass is 16.5. The monoisotopic (exact) mass is 831 g/mol. The molecule has 2 unspecified atom stereocenters. The van der Waals surface area contributed by atoms with E-state index in [4.69, 9.17) is 10.5 Å². The van der Waals surface area contributed by atoms with Gasteiger partial charge < -0.3 is 20.9 Å². The van der Waals surface area contributed by atoms with E-state index in [0.717, 1.165) is 70.6 Å². The Bertz CT molecular complexity index is 982. The zero-order valence-corrected chi connectivity index (χ0v) is 39.1. The summed E-state index contributed by atoms with van der Waals surface area (Å²) in [5.41, 5.74) is 5.50. The molecule has 7 heteroatoms. The van der Waals surface area contributed by atoms with Crippen molar-refractivity contribution in [3.8, 4) is 0 Å². The topological polar surface area (TPSA) is 119 Å². The van der Waals surface area contributed by atoms with Gasteiger partial charge in [0.2, 0.25) is 5.91 Å². The Hall–Kier alpha value is -2.15. The number of ether oxygens (including phenoxy) is 1. The molecule has 0 aromatic heterocycles. The molecule has 346 valence electrons. The summed E-state index contributed by atoms with van der Waals surface area (Å²) in [6.45, 7) is 4.96. The van der Waals surface area contributed by atoms with E-state index in [2.05, 4.69) is 43.5 Å². The Labute approximate surface area is 365 Å². The van der Waals surface area contributed by atoms with Crippen molar-refractivity contribution in [2.24, 2.45) is 5.73 Å². The van der Waals surface area contributed by atoms with Gasteiger partial charge in [0.05, 0.1) is 0 Å². The summed E-state index contributed by atoms with van der Waals surface area (Å²) in [7, 11) is 0. The van der Waals surface area contributed by atoms with Crippen LogP contribution in [0.1, 0.15) is 271 Å². The first-order valence-corrected chi connectivity index (χ1v) is 25.7. The number of aliphatic carboxylic acids is 1. The third-order valence-corrected chi connectivity index (χ3v) is 11.8. The number of carboxylic acid groups (broad SMARTS) is 1. The molecule has 0 fully saturated rings. The molecule has 59 heavy (non-hydrogen) atoms. The van der Waals surface area contributed by atoms with Gasteiger partial charge in [0.25, 0.3) is 0 Å². The third-order valence-electron chi connectivity index (χ3n) is 11.8. The molecule has 0 aliphatic heterocycles. The number of nitrogens with two attached hydrogens (primary N) is 1. The fraction of sp³-hybridized carbons (Fsp3) is 0.865. The average molecular weight is 831 g/mol. The Morgan fingerprint density at radius 3 is 1.32 bits per heavy atom. The summed E-state index contributed by atoms with van der Waals surface area (Å²) in [5, 5.41) is 12.0. The number of hydrogen-bond acceptors (Lipinski definition) is 5. The minimum Gasteiger partial charge on any atom is -0.480 e. The Morgan fingerprint density at radius 1 is 0.492 bits per heavy atom. The molecule has 0 spiro atoms. The summed E-state index contributed by atoms with van der Waals surface area (Å²) >= 11 is 0. The second-order valence-electron chi connectivity index (χ2n) is 17.6. The zero-order chi connectivity index (χ0) is 43.1. The van der Waals surface area contributed by atoms with Crippen molar-refractivity contribution < 1.29 is 24.2 Å². The predicted molar refractivity (Wildman–Crippen MR) is 253 cm³/mol. The lowest BCUT2D eigenvalue weighted by Crippen LogP contribution is -2.40. The SMILES string of the molecule is CCCCCC/C=C\C/C=C\CCCCCCCCCC(=O)OC(CCCCCCCCCCCCCCCCC)CCCCCCCC(=O)NC(CCCN)C(=O)O. The number of amides is 1. The van der Waals surface area contributed by atoms with Crippen LogP contribution >= 0.6 is 0 Å². The van der Waals surface area contributed by atoms with Gasteiger partial charge in [-0.15, -0.1) is 0 Å². The van der Waals surface area contributed by atoms with Gasteiger partial charge >= 0.3 is 11.9 Å². The molecular formula is C52H98N2O5. The summed E-state index contributed by atoms with van der Waals surface area (Å²) < 4.78 is 6.09. The second-order valence-corrected chi connectivity index (χ2v) is 17.6. The van der Waals surface area contributed by atoms with Crippen LogP contribution in [0.15, 0.2) is 24.3 Å². The number of unbranched alkanes of at least 4 members (excludes halogenated alkanes) is 29. The molecule has 0 rings (SSSR count). The second kappa shape index (κ2) is 46.9. The van der Waals surface area contributed by atoms with Gasteiger partial charge in [-0.05, 0) is 90.0 Å². The predicted octanol–water partition coefficient (Wildman–Crippen LogP) is 15.2. The highest BCUT2D eigenvalue weighted by Crippen LogP contribution is 2.19. The Kier molecular flexibility index (Phi) is 45.2. The molecule has 1 amide bonds. The normalized spacial score (nSPS) is 12.7. The van der Waals surface area contributed by atoms with E-state index in [1.807, 2.05) is 0 Å². The summed E-state index contributed by atoms with van der Waals surface area (Å²) in [5.74, 6) is -1.22. The molecule has 7 nitrogen and oxygen atoms in total. The van der Waals surface area contributed by atoms with Crippen molar-refractivity contribution in [2.45, 2.75) is 283 Å². The number of rotatable bonds is 47. The number of carbonyl (C=O) groups excluding carboxylic acids is 2. The highest BCUT2D eigenvalue weighted by molar-refractivity contribution is 5.83. The van der Waals surface area contributed by atoms with Gasteiger partial charge in [0.15, 0.2) is 0 Å². The molecule has 0 saturated carbocycles. The number of esters is 1. The van der Waals surface area contributed by atoms with Crippen LogP contribution in [0.3, 0.4) is 0 Å². The van der Waals surface area contributed by atoms with Crippen LogP contribution in [-0.2, 0) is 19.1 Å². The fourth-order valence-corrected chi connectivity index (χ4v) is 7.90. The van der Waals surface area contributed by atoms with Crippen molar-refractivity contribution in [3.05, 3.63) is 24.3 Å². The number of carboxylic acids is 1. The maximum Gasteiger partial charge on any atom is 0.326 e. The molecule has 4 N–H and O–H groups in total. The lowest BCUT2D eigenvalue weighted by molar-refractivity contribution is -0.150. The summed E-state index contributed by atoms with van der Waals surface area (Å²) in [6, 6.07) is -0.856. The molecule has 0 radical (unpaired) electrons. The lowest BCUT2D eigenvalue weighted by Gasteiger charge is -2.18.